The minimum atomic E-state index is -0.513. The molecule has 1 aliphatic carbocycles. The average Bonchev–Trinajstić information content (AvgIpc) is 3.01. The summed E-state index contributed by atoms with van der Waals surface area (Å²) in [5.74, 6) is -0.729. The molecule has 5 heteroatoms. The lowest BCUT2D eigenvalue weighted by Gasteiger charge is -2.37. The molecule has 5 nitrogen and oxygen atoms in total. The maximum atomic E-state index is 11.3. The molecule has 2 aliphatic rings. The zero-order valence-electron chi connectivity index (χ0n) is 11.8. The van der Waals surface area contributed by atoms with Crippen LogP contribution in [0.4, 0.5) is 0 Å². The Hall–Kier alpha value is -1.36. The van der Waals surface area contributed by atoms with E-state index in [1.54, 1.807) is 0 Å². The fourth-order valence-corrected chi connectivity index (χ4v) is 2.63. The lowest BCUT2D eigenvalue weighted by atomic mass is 9.78. The monoisotopic (exact) mass is 268 g/mol. The Balaban J connectivity index is 2.25. The number of rotatable bonds is 3. The standard InChI is InChI=1S/C14H20O5/c1-8-5-6-11(14(4)7-17-14)13(19-10(3)16)12(8)18-9(2)15/h5,11-13H,6-7H2,1-4H3/t11-,12-,13-,14+/m1/s1. The molecular weight excluding hydrogens is 248 g/mol. The summed E-state index contributed by atoms with van der Waals surface area (Å²) in [7, 11) is 0. The summed E-state index contributed by atoms with van der Waals surface area (Å²) in [5, 5.41) is 0. The van der Waals surface area contributed by atoms with Gasteiger partial charge < -0.3 is 14.2 Å². The highest BCUT2D eigenvalue weighted by Gasteiger charge is 2.54. The minimum absolute atomic E-state index is 0.0180. The van der Waals surface area contributed by atoms with Crippen LogP contribution in [0.3, 0.4) is 0 Å². The maximum absolute atomic E-state index is 11.3. The second kappa shape index (κ2) is 4.96. The van der Waals surface area contributed by atoms with Crippen molar-refractivity contribution in [1.82, 2.24) is 0 Å². The van der Waals surface area contributed by atoms with Crippen molar-refractivity contribution in [3.8, 4) is 0 Å². The Kier molecular flexibility index (Phi) is 3.67. The molecule has 0 saturated carbocycles. The van der Waals surface area contributed by atoms with Crippen LogP contribution in [0, 0.1) is 5.92 Å². The highest BCUT2D eigenvalue weighted by molar-refractivity contribution is 5.68. The summed E-state index contributed by atoms with van der Waals surface area (Å²) < 4.78 is 16.2. The molecule has 0 aromatic rings. The molecule has 0 aromatic heterocycles. The smallest absolute Gasteiger partial charge is 0.303 e. The Morgan fingerprint density at radius 2 is 1.89 bits per heavy atom. The van der Waals surface area contributed by atoms with Crippen molar-refractivity contribution in [2.75, 3.05) is 6.61 Å². The Morgan fingerprint density at radius 1 is 1.32 bits per heavy atom. The molecule has 0 unspecified atom stereocenters. The van der Waals surface area contributed by atoms with Crippen molar-refractivity contribution in [1.29, 1.82) is 0 Å². The van der Waals surface area contributed by atoms with Gasteiger partial charge in [-0.2, -0.15) is 0 Å². The van der Waals surface area contributed by atoms with Crippen LogP contribution in [0.25, 0.3) is 0 Å². The van der Waals surface area contributed by atoms with Gasteiger partial charge in [-0.1, -0.05) is 6.08 Å². The highest BCUT2D eigenvalue weighted by Crippen LogP contribution is 2.44. The van der Waals surface area contributed by atoms with E-state index in [4.69, 9.17) is 14.2 Å². The second-order valence-corrected chi connectivity index (χ2v) is 5.50. The van der Waals surface area contributed by atoms with Gasteiger partial charge in [-0.3, -0.25) is 9.59 Å². The van der Waals surface area contributed by atoms with Crippen LogP contribution in [0.1, 0.15) is 34.1 Å². The molecule has 1 saturated heterocycles. The first kappa shape index (κ1) is 14.1. The molecule has 0 spiro atoms. The van der Waals surface area contributed by atoms with E-state index in [-0.39, 0.29) is 23.5 Å². The Morgan fingerprint density at radius 3 is 2.37 bits per heavy atom. The van der Waals surface area contributed by atoms with Gasteiger partial charge in [-0.15, -0.1) is 0 Å². The number of hydrogen-bond acceptors (Lipinski definition) is 5. The largest absolute Gasteiger partial charge is 0.458 e. The van der Waals surface area contributed by atoms with E-state index in [1.165, 1.54) is 13.8 Å². The van der Waals surface area contributed by atoms with Crippen LogP contribution < -0.4 is 0 Å². The number of epoxide rings is 1. The normalized spacial score (nSPS) is 37.3. The van der Waals surface area contributed by atoms with Gasteiger partial charge in [-0.25, -0.2) is 0 Å². The van der Waals surface area contributed by atoms with E-state index in [0.29, 0.717) is 6.61 Å². The molecule has 1 fully saturated rings. The first-order valence-electron chi connectivity index (χ1n) is 6.48. The molecular formula is C14H20O5. The van der Waals surface area contributed by atoms with Crippen molar-refractivity contribution in [3.63, 3.8) is 0 Å². The van der Waals surface area contributed by atoms with Gasteiger partial charge >= 0.3 is 11.9 Å². The Bertz CT molecular complexity index is 422. The molecule has 19 heavy (non-hydrogen) atoms. The molecule has 0 bridgehead atoms. The average molecular weight is 268 g/mol. The molecule has 2 rings (SSSR count). The van der Waals surface area contributed by atoms with Crippen LogP contribution in [-0.2, 0) is 23.8 Å². The topological polar surface area (TPSA) is 65.1 Å². The molecule has 0 N–H and O–H groups in total. The van der Waals surface area contributed by atoms with Crippen molar-refractivity contribution in [3.05, 3.63) is 11.6 Å². The second-order valence-electron chi connectivity index (χ2n) is 5.50. The predicted octanol–water partition coefficient (Wildman–Crippen LogP) is 1.60. The lowest BCUT2D eigenvalue weighted by molar-refractivity contribution is -0.169. The van der Waals surface area contributed by atoms with Crippen molar-refractivity contribution < 1.29 is 23.8 Å². The zero-order chi connectivity index (χ0) is 14.2. The third kappa shape index (κ3) is 2.97. The summed E-state index contributed by atoms with van der Waals surface area (Å²) in [6.07, 6.45) is 1.81. The molecule has 0 aromatic carbocycles. The van der Waals surface area contributed by atoms with Crippen LogP contribution in [0.5, 0.6) is 0 Å². The van der Waals surface area contributed by atoms with E-state index in [2.05, 4.69) is 0 Å². The summed E-state index contributed by atoms with van der Waals surface area (Å²) >= 11 is 0. The molecule has 1 heterocycles. The first-order chi connectivity index (χ1) is 8.83. The number of carbonyl (C=O) groups excluding carboxylic acids is 2. The van der Waals surface area contributed by atoms with Gasteiger partial charge in [0.25, 0.3) is 0 Å². The number of hydrogen-bond donors (Lipinski definition) is 0. The van der Waals surface area contributed by atoms with Crippen molar-refractivity contribution >= 4 is 11.9 Å². The summed E-state index contributed by atoms with van der Waals surface area (Å²) in [6, 6.07) is 0. The number of ether oxygens (including phenoxy) is 3. The fraction of sp³-hybridized carbons (Fsp3) is 0.714. The summed E-state index contributed by atoms with van der Waals surface area (Å²) in [4.78, 5) is 22.6. The Labute approximate surface area is 112 Å². The van der Waals surface area contributed by atoms with Gasteiger partial charge in [0.05, 0.1) is 12.2 Å². The van der Waals surface area contributed by atoms with E-state index in [9.17, 15) is 9.59 Å². The summed E-state index contributed by atoms with van der Waals surface area (Å²) in [6.45, 7) is 7.25. The maximum Gasteiger partial charge on any atom is 0.303 e. The van der Waals surface area contributed by atoms with Crippen LogP contribution in [0.2, 0.25) is 0 Å². The van der Waals surface area contributed by atoms with Gasteiger partial charge in [0.15, 0.2) is 6.10 Å². The number of esters is 2. The van der Waals surface area contributed by atoms with Crippen molar-refractivity contribution in [2.24, 2.45) is 5.92 Å². The molecule has 1 aliphatic heterocycles. The van der Waals surface area contributed by atoms with Crippen LogP contribution in [-0.4, -0.2) is 36.4 Å². The third-order valence-corrected chi connectivity index (χ3v) is 3.82. The SMILES string of the molecule is CC(=O)O[C@H]1[C@H](OC(C)=O)C(C)=CC[C@H]1[C@]1(C)CO1. The first-order valence-corrected chi connectivity index (χ1v) is 6.48. The fourth-order valence-electron chi connectivity index (χ4n) is 2.63. The van der Waals surface area contributed by atoms with E-state index >= 15 is 0 Å². The van der Waals surface area contributed by atoms with Crippen molar-refractivity contribution in [2.45, 2.75) is 51.9 Å². The van der Waals surface area contributed by atoms with Gasteiger partial charge in [-0.05, 0) is 25.8 Å². The van der Waals surface area contributed by atoms with Gasteiger partial charge in [0, 0.05) is 19.8 Å². The number of allylic oxidation sites excluding steroid dienone is 1. The van der Waals surface area contributed by atoms with Gasteiger partial charge in [0.2, 0.25) is 0 Å². The molecule has 0 amide bonds. The zero-order valence-corrected chi connectivity index (χ0v) is 11.8. The predicted molar refractivity (Wildman–Crippen MR) is 67.3 cm³/mol. The highest BCUT2D eigenvalue weighted by atomic mass is 16.6. The molecule has 4 atom stereocenters. The molecule has 0 radical (unpaired) electrons. The van der Waals surface area contributed by atoms with E-state index in [0.717, 1.165) is 12.0 Å². The van der Waals surface area contributed by atoms with E-state index < -0.39 is 12.2 Å². The molecule has 106 valence electrons. The quantitative estimate of drug-likeness (QED) is 0.442. The van der Waals surface area contributed by atoms with E-state index in [1.807, 2.05) is 19.9 Å². The number of carbonyl (C=O) groups is 2. The van der Waals surface area contributed by atoms with Crippen LogP contribution in [0.15, 0.2) is 11.6 Å². The summed E-state index contributed by atoms with van der Waals surface area (Å²) in [5.41, 5.74) is 0.636. The lowest BCUT2D eigenvalue weighted by Crippen LogP contribution is -2.47. The van der Waals surface area contributed by atoms with Crippen LogP contribution >= 0.6 is 0 Å². The minimum Gasteiger partial charge on any atom is -0.458 e. The third-order valence-electron chi connectivity index (χ3n) is 3.82. The van der Waals surface area contributed by atoms with Gasteiger partial charge in [0.1, 0.15) is 6.10 Å².